The Morgan fingerprint density at radius 3 is 1.83 bits per heavy atom. The SMILES string of the molecule is C=C(C)c1c(OCC)ccc(OCC)c1C(C)=N. The van der Waals surface area contributed by atoms with Gasteiger partial charge in [-0.15, -0.1) is 0 Å². The van der Waals surface area contributed by atoms with Crippen LogP contribution in [0.1, 0.15) is 38.8 Å². The second-order valence-electron chi connectivity index (χ2n) is 4.08. The molecule has 0 heterocycles. The van der Waals surface area contributed by atoms with Crippen LogP contribution in [0.5, 0.6) is 11.5 Å². The molecule has 0 aliphatic carbocycles. The Morgan fingerprint density at radius 1 is 1.06 bits per heavy atom. The summed E-state index contributed by atoms with van der Waals surface area (Å²) in [7, 11) is 0. The summed E-state index contributed by atoms with van der Waals surface area (Å²) in [6.07, 6.45) is 0. The van der Waals surface area contributed by atoms with Crippen molar-refractivity contribution in [2.45, 2.75) is 27.7 Å². The summed E-state index contributed by atoms with van der Waals surface area (Å²) < 4.78 is 11.2. The molecular weight excluding hydrogens is 226 g/mol. The van der Waals surface area contributed by atoms with E-state index in [9.17, 15) is 0 Å². The molecule has 1 rings (SSSR count). The first-order valence-electron chi connectivity index (χ1n) is 6.16. The van der Waals surface area contributed by atoms with Crippen LogP contribution in [0, 0.1) is 5.41 Å². The molecule has 0 radical (unpaired) electrons. The fourth-order valence-electron chi connectivity index (χ4n) is 1.91. The maximum atomic E-state index is 7.94. The first-order valence-corrected chi connectivity index (χ1v) is 6.16. The Bertz CT molecular complexity index is 421. The van der Waals surface area contributed by atoms with Gasteiger partial charge in [0.1, 0.15) is 11.5 Å². The topological polar surface area (TPSA) is 42.3 Å². The smallest absolute Gasteiger partial charge is 0.129 e. The number of hydrogen-bond donors (Lipinski definition) is 1. The lowest BCUT2D eigenvalue weighted by Gasteiger charge is -2.18. The van der Waals surface area contributed by atoms with E-state index < -0.39 is 0 Å². The highest BCUT2D eigenvalue weighted by molar-refractivity contribution is 6.04. The summed E-state index contributed by atoms with van der Waals surface area (Å²) in [5.41, 5.74) is 2.98. The van der Waals surface area contributed by atoms with Gasteiger partial charge in [-0.1, -0.05) is 6.58 Å². The molecule has 3 heteroatoms. The molecule has 18 heavy (non-hydrogen) atoms. The lowest BCUT2D eigenvalue weighted by molar-refractivity contribution is 0.329. The van der Waals surface area contributed by atoms with Gasteiger partial charge in [-0.2, -0.15) is 0 Å². The summed E-state index contributed by atoms with van der Waals surface area (Å²) in [5.74, 6) is 1.47. The monoisotopic (exact) mass is 247 g/mol. The molecule has 1 aromatic carbocycles. The normalized spacial score (nSPS) is 10.0. The van der Waals surface area contributed by atoms with Gasteiger partial charge < -0.3 is 14.9 Å². The van der Waals surface area contributed by atoms with Crippen molar-refractivity contribution in [1.82, 2.24) is 0 Å². The Kier molecular flexibility index (Phi) is 4.95. The van der Waals surface area contributed by atoms with E-state index in [2.05, 4.69) is 6.58 Å². The Labute approximate surface area is 109 Å². The van der Waals surface area contributed by atoms with Crippen LogP contribution in [0.15, 0.2) is 18.7 Å². The van der Waals surface area contributed by atoms with Crippen molar-refractivity contribution < 1.29 is 9.47 Å². The number of hydrogen-bond acceptors (Lipinski definition) is 3. The average molecular weight is 247 g/mol. The third-order valence-electron chi connectivity index (χ3n) is 2.53. The van der Waals surface area contributed by atoms with E-state index in [1.807, 2.05) is 32.9 Å². The molecule has 0 aliphatic rings. The van der Waals surface area contributed by atoms with Gasteiger partial charge in [0.2, 0.25) is 0 Å². The Hall–Kier alpha value is -1.77. The highest BCUT2D eigenvalue weighted by Gasteiger charge is 2.17. The molecule has 0 unspecified atom stereocenters. The van der Waals surface area contributed by atoms with E-state index in [1.54, 1.807) is 6.92 Å². The van der Waals surface area contributed by atoms with Crippen molar-refractivity contribution in [3.05, 3.63) is 29.8 Å². The minimum Gasteiger partial charge on any atom is -0.493 e. The van der Waals surface area contributed by atoms with Gasteiger partial charge in [-0.25, -0.2) is 0 Å². The Morgan fingerprint density at radius 2 is 1.50 bits per heavy atom. The number of rotatable bonds is 6. The fraction of sp³-hybridized carbons (Fsp3) is 0.400. The van der Waals surface area contributed by atoms with Crippen LogP contribution in [0.25, 0.3) is 5.57 Å². The van der Waals surface area contributed by atoms with Crippen molar-refractivity contribution in [2.24, 2.45) is 0 Å². The van der Waals surface area contributed by atoms with E-state index in [4.69, 9.17) is 14.9 Å². The van der Waals surface area contributed by atoms with Crippen LogP contribution in [-0.4, -0.2) is 18.9 Å². The standard InChI is InChI=1S/C15H21NO2/c1-6-17-12-8-9-13(18-7-2)15(11(5)16)14(12)10(3)4/h8-9,16H,3,6-7H2,1-2,4-5H3. The highest BCUT2D eigenvalue weighted by atomic mass is 16.5. The van der Waals surface area contributed by atoms with Crippen LogP contribution in [0.3, 0.4) is 0 Å². The molecule has 3 nitrogen and oxygen atoms in total. The van der Waals surface area contributed by atoms with Crippen LogP contribution < -0.4 is 9.47 Å². The maximum Gasteiger partial charge on any atom is 0.129 e. The largest absolute Gasteiger partial charge is 0.493 e. The van der Waals surface area contributed by atoms with E-state index in [0.717, 1.165) is 22.4 Å². The summed E-state index contributed by atoms with van der Waals surface area (Å²) in [4.78, 5) is 0. The van der Waals surface area contributed by atoms with Crippen LogP contribution in [0.2, 0.25) is 0 Å². The average Bonchev–Trinajstić information content (AvgIpc) is 2.30. The van der Waals surface area contributed by atoms with Crippen LogP contribution >= 0.6 is 0 Å². The predicted molar refractivity (Wildman–Crippen MR) is 76.0 cm³/mol. The zero-order chi connectivity index (χ0) is 13.7. The molecular formula is C15H21NO2. The maximum absolute atomic E-state index is 7.94. The highest BCUT2D eigenvalue weighted by Crippen LogP contribution is 2.35. The van der Waals surface area contributed by atoms with Crippen molar-refractivity contribution in [3.63, 3.8) is 0 Å². The van der Waals surface area contributed by atoms with Gasteiger partial charge in [0, 0.05) is 16.8 Å². The first kappa shape index (κ1) is 14.3. The number of nitrogens with one attached hydrogen (secondary N) is 1. The van der Waals surface area contributed by atoms with E-state index in [0.29, 0.717) is 24.7 Å². The zero-order valence-electron chi connectivity index (χ0n) is 11.6. The number of allylic oxidation sites excluding steroid dienone is 1. The molecule has 0 saturated carbocycles. The van der Waals surface area contributed by atoms with Gasteiger partial charge in [0.05, 0.1) is 13.2 Å². The molecule has 1 aromatic rings. The minimum absolute atomic E-state index is 0.456. The van der Waals surface area contributed by atoms with Gasteiger partial charge in [0.25, 0.3) is 0 Å². The minimum atomic E-state index is 0.456. The molecule has 0 saturated heterocycles. The van der Waals surface area contributed by atoms with Crippen molar-refractivity contribution in [2.75, 3.05) is 13.2 Å². The van der Waals surface area contributed by atoms with E-state index >= 15 is 0 Å². The third-order valence-corrected chi connectivity index (χ3v) is 2.53. The van der Waals surface area contributed by atoms with Crippen LogP contribution in [-0.2, 0) is 0 Å². The molecule has 98 valence electrons. The molecule has 0 bridgehead atoms. The molecule has 0 spiro atoms. The molecule has 0 aromatic heterocycles. The summed E-state index contributed by atoms with van der Waals surface area (Å²) >= 11 is 0. The van der Waals surface area contributed by atoms with Crippen molar-refractivity contribution >= 4 is 11.3 Å². The van der Waals surface area contributed by atoms with Gasteiger partial charge in [-0.05, 0) is 45.4 Å². The third kappa shape index (κ3) is 2.92. The molecule has 0 amide bonds. The second-order valence-corrected chi connectivity index (χ2v) is 4.08. The quantitative estimate of drug-likeness (QED) is 0.774. The molecule has 1 N–H and O–H groups in total. The van der Waals surface area contributed by atoms with Gasteiger partial charge >= 0.3 is 0 Å². The lowest BCUT2D eigenvalue weighted by Crippen LogP contribution is -2.07. The van der Waals surface area contributed by atoms with Crippen molar-refractivity contribution in [1.29, 1.82) is 5.41 Å². The molecule has 0 fully saturated rings. The lowest BCUT2D eigenvalue weighted by atomic mass is 9.96. The predicted octanol–water partition coefficient (Wildman–Crippen LogP) is 3.90. The van der Waals surface area contributed by atoms with Crippen molar-refractivity contribution in [3.8, 4) is 11.5 Å². The summed E-state index contributed by atoms with van der Waals surface area (Å²) in [6.45, 7) is 12.7. The van der Waals surface area contributed by atoms with Gasteiger partial charge in [-0.3, -0.25) is 0 Å². The Balaban J connectivity index is 3.49. The second kappa shape index (κ2) is 6.24. The van der Waals surface area contributed by atoms with Gasteiger partial charge in [0.15, 0.2) is 0 Å². The fourth-order valence-corrected chi connectivity index (χ4v) is 1.91. The summed E-state index contributed by atoms with van der Waals surface area (Å²) in [6, 6.07) is 3.74. The first-order chi connectivity index (χ1) is 8.52. The van der Waals surface area contributed by atoms with Crippen LogP contribution in [0.4, 0.5) is 0 Å². The zero-order valence-corrected chi connectivity index (χ0v) is 11.6. The number of benzene rings is 1. The molecule has 0 aliphatic heterocycles. The summed E-state index contributed by atoms with van der Waals surface area (Å²) in [5, 5.41) is 7.94. The van der Waals surface area contributed by atoms with E-state index in [1.165, 1.54) is 0 Å². The van der Waals surface area contributed by atoms with E-state index in [-0.39, 0.29) is 0 Å². The molecule has 0 atom stereocenters. The number of ether oxygens (including phenoxy) is 2.